The predicted octanol–water partition coefficient (Wildman–Crippen LogP) is 3.25. The van der Waals surface area contributed by atoms with Crippen LogP contribution < -0.4 is 15.1 Å². The molecule has 2 heteroatoms. The SMILES string of the molecule is Cc1cc(C(C)(C)C)[n+](C)c([Si](C)(C)c2ccccc2C)c1. The number of benzene rings is 1. The average Bonchev–Trinajstić information content (AvgIpc) is 2.40. The summed E-state index contributed by atoms with van der Waals surface area (Å²) >= 11 is 0. The van der Waals surface area contributed by atoms with Gasteiger partial charge in [-0.15, -0.1) is 0 Å². The largest absolute Gasteiger partial charge is 0.207 e. The van der Waals surface area contributed by atoms with E-state index in [-0.39, 0.29) is 5.41 Å². The normalized spacial score (nSPS) is 12.5. The van der Waals surface area contributed by atoms with Crippen molar-refractivity contribution in [3.63, 3.8) is 0 Å². The monoisotopic (exact) mass is 312 g/mol. The smallest absolute Gasteiger partial charge is 0.193 e. The van der Waals surface area contributed by atoms with E-state index in [1.807, 2.05) is 0 Å². The van der Waals surface area contributed by atoms with Gasteiger partial charge in [-0.05, 0) is 24.6 Å². The summed E-state index contributed by atoms with van der Waals surface area (Å²) in [6.07, 6.45) is 0. The maximum atomic E-state index is 2.47. The van der Waals surface area contributed by atoms with E-state index in [1.165, 1.54) is 27.3 Å². The minimum Gasteiger partial charge on any atom is -0.207 e. The van der Waals surface area contributed by atoms with Crippen LogP contribution in [-0.4, -0.2) is 8.07 Å². The van der Waals surface area contributed by atoms with Crippen molar-refractivity contribution in [2.45, 2.75) is 53.1 Å². The van der Waals surface area contributed by atoms with Crippen LogP contribution in [0.3, 0.4) is 0 Å². The van der Waals surface area contributed by atoms with E-state index >= 15 is 0 Å². The van der Waals surface area contributed by atoms with Gasteiger partial charge < -0.3 is 0 Å². The van der Waals surface area contributed by atoms with Crippen LogP contribution in [0.4, 0.5) is 0 Å². The highest BCUT2D eigenvalue weighted by Crippen LogP contribution is 2.19. The number of aromatic nitrogens is 1. The maximum Gasteiger partial charge on any atom is 0.193 e. The molecule has 2 rings (SSSR count). The molecule has 0 N–H and O–H groups in total. The van der Waals surface area contributed by atoms with Gasteiger partial charge in [0.1, 0.15) is 7.05 Å². The zero-order chi connectivity index (χ0) is 16.7. The van der Waals surface area contributed by atoms with Crippen LogP contribution in [0, 0.1) is 13.8 Å². The molecule has 0 aliphatic rings. The van der Waals surface area contributed by atoms with Crippen molar-refractivity contribution in [2.24, 2.45) is 7.05 Å². The molecule has 0 aliphatic heterocycles. The third-order valence-corrected chi connectivity index (χ3v) is 8.35. The van der Waals surface area contributed by atoms with Crippen LogP contribution in [0.5, 0.6) is 0 Å². The summed E-state index contributed by atoms with van der Waals surface area (Å²) in [4.78, 5) is 0. The van der Waals surface area contributed by atoms with E-state index in [0.29, 0.717) is 0 Å². The minimum atomic E-state index is -1.72. The van der Waals surface area contributed by atoms with Gasteiger partial charge in [0, 0.05) is 17.5 Å². The van der Waals surface area contributed by atoms with Gasteiger partial charge in [0.15, 0.2) is 19.1 Å². The van der Waals surface area contributed by atoms with Crippen molar-refractivity contribution < 1.29 is 4.57 Å². The summed E-state index contributed by atoms with van der Waals surface area (Å²) in [6.45, 7) is 16.3. The summed E-state index contributed by atoms with van der Waals surface area (Å²) in [5.41, 5.74) is 4.35. The Bertz CT molecular complexity index is 693. The number of hydrogen-bond acceptors (Lipinski definition) is 0. The van der Waals surface area contributed by atoms with E-state index in [9.17, 15) is 0 Å². The summed E-state index contributed by atoms with van der Waals surface area (Å²) in [7, 11) is 0.515. The Hall–Kier alpha value is -1.41. The van der Waals surface area contributed by atoms with Crippen molar-refractivity contribution in [2.75, 3.05) is 0 Å². The molecule has 0 aliphatic carbocycles. The van der Waals surface area contributed by atoms with Gasteiger partial charge in [0.2, 0.25) is 0 Å². The zero-order valence-corrected chi connectivity index (χ0v) is 16.4. The van der Waals surface area contributed by atoms with Gasteiger partial charge in [-0.2, -0.15) is 0 Å². The second-order valence-corrected chi connectivity index (χ2v) is 12.4. The molecule has 22 heavy (non-hydrogen) atoms. The molecule has 0 spiro atoms. The quantitative estimate of drug-likeness (QED) is 0.592. The Balaban J connectivity index is 2.72. The van der Waals surface area contributed by atoms with Crippen molar-refractivity contribution >= 4 is 18.6 Å². The lowest BCUT2D eigenvalue weighted by Gasteiger charge is -2.26. The van der Waals surface area contributed by atoms with Crippen molar-refractivity contribution in [1.82, 2.24) is 0 Å². The van der Waals surface area contributed by atoms with Gasteiger partial charge in [0.05, 0.1) is 0 Å². The summed E-state index contributed by atoms with van der Waals surface area (Å²) < 4.78 is 2.45. The maximum absolute atomic E-state index is 2.47. The molecule has 0 unspecified atom stereocenters. The topological polar surface area (TPSA) is 3.88 Å². The van der Waals surface area contributed by atoms with E-state index in [1.54, 1.807) is 0 Å². The predicted molar refractivity (Wildman–Crippen MR) is 99.0 cm³/mol. The second-order valence-electron chi connectivity index (χ2n) is 8.05. The van der Waals surface area contributed by atoms with E-state index in [2.05, 4.69) is 95.7 Å². The third kappa shape index (κ3) is 3.03. The summed E-state index contributed by atoms with van der Waals surface area (Å²) in [5, 5.41) is 3.04. The van der Waals surface area contributed by atoms with Gasteiger partial charge in [0.25, 0.3) is 0 Å². The van der Waals surface area contributed by atoms with Crippen LogP contribution in [0.15, 0.2) is 36.4 Å². The Morgan fingerprint density at radius 1 is 0.955 bits per heavy atom. The Morgan fingerprint density at radius 3 is 2.09 bits per heavy atom. The van der Waals surface area contributed by atoms with Gasteiger partial charge in [-0.1, -0.05) is 63.7 Å². The lowest BCUT2D eigenvalue weighted by atomic mass is 9.90. The van der Waals surface area contributed by atoms with E-state index < -0.39 is 8.07 Å². The highest BCUT2D eigenvalue weighted by Gasteiger charge is 2.38. The Morgan fingerprint density at radius 2 is 1.55 bits per heavy atom. The average molecular weight is 313 g/mol. The first-order chi connectivity index (χ1) is 10.0. The molecule has 118 valence electrons. The first-order valence-corrected chi connectivity index (χ1v) is 11.1. The minimum absolute atomic E-state index is 0.158. The molecule has 1 heterocycles. The molecule has 0 amide bonds. The molecule has 0 fully saturated rings. The fourth-order valence-corrected chi connectivity index (χ4v) is 6.93. The second kappa shape index (κ2) is 5.66. The highest BCUT2D eigenvalue weighted by atomic mass is 28.3. The molecule has 1 aromatic heterocycles. The molecule has 1 nitrogen and oxygen atoms in total. The lowest BCUT2D eigenvalue weighted by molar-refractivity contribution is -0.665. The third-order valence-electron chi connectivity index (χ3n) is 4.68. The number of pyridine rings is 1. The Kier molecular flexibility index (Phi) is 4.36. The van der Waals surface area contributed by atoms with E-state index in [4.69, 9.17) is 0 Å². The van der Waals surface area contributed by atoms with Crippen molar-refractivity contribution in [3.05, 3.63) is 53.2 Å². The van der Waals surface area contributed by atoms with Crippen LogP contribution in [0.1, 0.15) is 37.6 Å². The van der Waals surface area contributed by atoms with Gasteiger partial charge in [-0.3, -0.25) is 0 Å². The molecule has 1 aromatic carbocycles. The standard InChI is InChI=1S/C20H30NSi/c1-15-13-18(20(3,4)5)21(6)19(14-15)22(7,8)17-12-10-9-11-16(17)2/h9-14H,1-8H3/q+1. The number of rotatable bonds is 2. The van der Waals surface area contributed by atoms with Crippen molar-refractivity contribution in [3.8, 4) is 0 Å². The van der Waals surface area contributed by atoms with Crippen LogP contribution in [0.2, 0.25) is 13.1 Å². The fraction of sp³-hybridized carbons (Fsp3) is 0.450. The first kappa shape index (κ1) is 16.9. The van der Waals surface area contributed by atoms with Crippen LogP contribution >= 0.6 is 0 Å². The zero-order valence-electron chi connectivity index (χ0n) is 15.4. The number of aryl methyl sites for hydroxylation is 2. The number of nitrogens with zero attached hydrogens (tertiary/aromatic N) is 1. The Labute approximate surface area is 137 Å². The molecule has 0 saturated heterocycles. The molecular weight excluding hydrogens is 282 g/mol. The molecular formula is C20H30NSi+. The van der Waals surface area contributed by atoms with Crippen LogP contribution in [-0.2, 0) is 12.5 Å². The van der Waals surface area contributed by atoms with Gasteiger partial charge in [-0.25, -0.2) is 4.57 Å². The molecule has 0 atom stereocenters. The van der Waals surface area contributed by atoms with Gasteiger partial charge >= 0.3 is 0 Å². The van der Waals surface area contributed by atoms with Crippen LogP contribution in [0.25, 0.3) is 0 Å². The molecule has 0 saturated carbocycles. The lowest BCUT2D eigenvalue weighted by Crippen LogP contribution is -2.68. The molecule has 0 bridgehead atoms. The first-order valence-electron chi connectivity index (χ1n) is 8.13. The summed E-state index contributed by atoms with van der Waals surface area (Å²) in [5.74, 6) is 0. The van der Waals surface area contributed by atoms with Crippen molar-refractivity contribution in [1.29, 1.82) is 0 Å². The molecule has 0 radical (unpaired) electrons. The molecule has 2 aromatic rings. The number of hydrogen-bond donors (Lipinski definition) is 0. The van der Waals surface area contributed by atoms with E-state index in [0.717, 1.165) is 0 Å². The summed E-state index contributed by atoms with van der Waals surface area (Å²) in [6, 6.07) is 13.6. The highest BCUT2D eigenvalue weighted by molar-refractivity contribution is 6.99. The fourth-order valence-electron chi connectivity index (χ4n) is 3.53.